The second-order valence-electron chi connectivity index (χ2n) is 6.21. The number of alkyl halides is 3. The van der Waals surface area contributed by atoms with Gasteiger partial charge < -0.3 is 15.5 Å². The maximum absolute atomic E-state index is 13.1. The molecule has 2 N–H and O–H groups in total. The lowest BCUT2D eigenvalue weighted by Gasteiger charge is -2.20. The third kappa shape index (κ3) is 4.25. The van der Waals surface area contributed by atoms with Crippen molar-refractivity contribution in [3.05, 3.63) is 11.8 Å². The van der Waals surface area contributed by atoms with Gasteiger partial charge in [-0.15, -0.1) is 0 Å². The van der Waals surface area contributed by atoms with E-state index >= 15 is 0 Å². The van der Waals surface area contributed by atoms with Gasteiger partial charge in [0.2, 0.25) is 5.95 Å². The molecule has 1 saturated heterocycles. The standard InChI is InChI=1S/C15H20F3N5S/c16-15(17,18)11-9-12(23-7-3-4-8-23)21-13(20-11)22-14(24)19-10-5-1-2-6-10/h9-10H,1-8H2,(H2,19,20,21,22,24). The van der Waals surface area contributed by atoms with Gasteiger partial charge in [0.05, 0.1) is 0 Å². The van der Waals surface area contributed by atoms with E-state index in [0.29, 0.717) is 18.9 Å². The number of hydrogen-bond acceptors (Lipinski definition) is 4. The number of aromatic nitrogens is 2. The molecule has 3 rings (SSSR count). The third-order valence-electron chi connectivity index (χ3n) is 4.35. The fourth-order valence-electron chi connectivity index (χ4n) is 3.14. The van der Waals surface area contributed by atoms with Gasteiger partial charge >= 0.3 is 6.18 Å². The van der Waals surface area contributed by atoms with Crippen LogP contribution in [0.4, 0.5) is 24.9 Å². The second-order valence-corrected chi connectivity index (χ2v) is 6.61. The van der Waals surface area contributed by atoms with Gasteiger partial charge in [0.15, 0.2) is 10.8 Å². The highest BCUT2D eigenvalue weighted by Crippen LogP contribution is 2.31. The molecular weight excluding hydrogens is 339 g/mol. The van der Waals surface area contributed by atoms with Crippen molar-refractivity contribution >= 4 is 29.1 Å². The summed E-state index contributed by atoms with van der Waals surface area (Å²) in [7, 11) is 0. The van der Waals surface area contributed by atoms with Crippen molar-refractivity contribution < 1.29 is 13.2 Å². The van der Waals surface area contributed by atoms with Crippen LogP contribution in [-0.2, 0) is 6.18 Å². The first kappa shape index (κ1) is 17.2. The van der Waals surface area contributed by atoms with E-state index in [-0.39, 0.29) is 17.1 Å². The van der Waals surface area contributed by atoms with Gasteiger partial charge in [-0.3, -0.25) is 0 Å². The molecule has 1 aliphatic heterocycles. The van der Waals surface area contributed by atoms with Crippen molar-refractivity contribution in [3.63, 3.8) is 0 Å². The van der Waals surface area contributed by atoms with Crippen LogP contribution in [0.5, 0.6) is 0 Å². The molecule has 132 valence electrons. The topological polar surface area (TPSA) is 53.1 Å². The Bertz CT molecular complexity index is 595. The average Bonchev–Trinajstić information content (AvgIpc) is 3.19. The van der Waals surface area contributed by atoms with E-state index in [4.69, 9.17) is 12.2 Å². The molecule has 0 radical (unpaired) electrons. The summed E-state index contributed by atoms with van der Waals surface area (Å²) in [6.45, 7) is 1.41. The molecule has 9 heteroatoms. The predicted molar refractivity (Wildman–Crippen MR) is 90.1 cm³/mol. The Morgan fingerprint density at radius 3 is 2.42 bits per heavy atom. The van der Waals surface area contributed by atoms with Crippen molar-refractivity contribution in [3.8, 4) is 0 Å². The van der Waals surface area contributed by atoms with Gasteiger partial charge in [0.1, 0.15) is 5.82 Å². The zero-order valence-corrected chi connectivity index (χ0v) is 14.0. The van der Waals surface area contributed by atoms with Gasteiger partial charge in [-0.05, 0) is 37.9 Å². The maximum Gasteiger partial charge on any atom is 0.433 e. The fourth-order valence-corrected chi connectivity index (χ4v) is 3.39. The SMILES string of the molecule is FC(F)(F)c1cc(N2CCCC2)nc(NC(=S)NC2CCCC2)n1. The molecule has 5 nitrogen and oxygen atoms in total. The summed E-state index contributed by atoms with van der Waals surface area (Å²) in [5.41, 5.74) is -0.953. The average molecular weight is 359 g/mol. The Hall–Kier alpha value is -1.64. The molecule has 1 aromatic rings. The van der Waals surface area contributed by atoms with Crippen LogP contribution < -0.4 is 15.5 Å². The molecule has 0 spiro atoms. The van der Waals surface area contributed by atoms with Crippen LogP contribution in [0.3, 0.4) is 0 Å². The zero-order valence-electron chi connectivity index (χ0n) is 13.2. The van der Waals surface area contributed by atoms with E-state index in [9.17, 15) is 13.2 Å². The van der Waals surface area contributed by atoms with Crippen LogP contribution >= 0.6 is 12.2 Å². The lowest BCUT2D eigenvalue weighted by atomic mass is 10.3. The summed E-state index contributed by atoms with van der Waals surface area (Å²) >= 11 is 5.19. The second kappa shape index (κ2) is 7.08. The highest BCUT2D eigenvalue weighted by molar-refractivity contribution is 7.80. The monoisotopic (exact) mass is 359 g/mol. The first-order chi connectivity index (χ1) is 11.4. The van der Waals surface area contributed by atoms with Crippen LogP contribution in [0.2, 0.25) is 0 Å². The number of thiocarbonyl (C=S) groups is 1. The first-order valence-electron chi connectivity index (χ1n) is 8.20. The van der Waals surface area contributed by atoms with Gasteiger partial charge in [-0.1, -0.05) is 12.8 Å². The number of hydrogen-bond donors (Lipinski definition) is 2. The van der Waals surface area contributed by atoms with E-state index in [2.05, 4.69) is 20.6 Å². The lowest BCUT2D eigenvalue weighted by molar-refractivity contribution is -0.141. The number of nitrogens with one attached hydrogen (secondary N) is 2. The van der Waals surface area contributed by atoms with Crippen molar-refractivity contribution in [2.24, 2.45) is 0 Å². The Labute approximate surface area is 144 Å². The van der Waals surface area contributed by atoms with Gasteiger partial charge in [0, 0.05) is 25.2 Å². The zero-order chi connectivity index (χ0) is 17.2. The molecule has 0 atom stereocenters. The summed E-state index contributed by atoms with van der Waals surface area (Å²) in [5, 5.41) is 6.11. The Morgan fingerprint density at radius 1 is 1.12 bits per heavy atom. The largest absolute Gasteiger partial charge is 0.433 e. The number of rotatable bonds is 3. The molecule has 2 fully saturated rings. The Kier molecular flexibility index (Phi) is 5.07. The predicted octanol–water partition coefficient (Wildman–Crippen LogP) is 3.32. The molecule has 2 aliphatic rings. The Balaban J connectivity index is 1.77. The lowest BCUT2D eigenvalue weighted by Crippen LogP contribution is -2.36. The van der Waals surface area contributed by atoms with E-state index < -0.39 is 11.9 Å². The molecule has 0 aromatic carbocycles. The molecule has 1 aromatic heterocycles. The summed E-state index contributed by atoms with van der Waals surface area (Å²) < 4.78 is 39.3. The number of nitrogens with zero attached hydrogens (tertiary/aromatic N) is 3. The smallest absolute Gasteiger partial charge is 0.360 e. The van der Waals surface area contributed by atoms with Gasteiger partial charge in [-0.2, -0.15) is 18.2 Å². The molecule has 2 heterocycles. The van der Waals surface area contributed by atoms with E-state index in [0.717, 1.165) is 44.6 Å². The van der Waals surface area contributed by atoms with Crippen LogP contribution in [-0.4, -0.2) is 34.2 Å². The van der Waals surface area contributed by atoms with Crippen molar-refractivity contribution in [1.29, 1.82) is 0 Å². The van der Waals surface area contributed by atoms with E-state index in [1.165, 1.54) is 0 Å². The minimum atomic E-state index is -4.52. The van der Waals surface area contributed by atoms with Gasteiger partial charge in [0.25, 0.3) is 0 Å². The van der Waals surface area contributed by atoms with E-state index in [1.54, 1.807) is 0 Å². The molecule has 1 saturated carbocycles. The summed E-state index contributed by atoms with van der Waals surface area (Å²) in [5.74, 6) is 0.184. The van der Waals surface area contributed by atoms with Crippen LogP contribution in [0, 0.1) is 0 Å². The summed E-state index contributed by atoms with van der Waals surface area (Å²) in [6.07, 6.45) is 1.70. The molecule has 0 bridgehead atoms. The third-order valence-corrected chi connectivity index (χ3v) is 4.57. The van der Waals surface area contributed by atoms with Crippen molar-refractivity contribution in [1.82, 2.24) is 15.3 Å². The normalized spacial score (nSPS) is 18.9. The number of halogens is 3. The molecule has 24 heavy (non-hydrogen) atoms. The molecule has 0 amide bonds. The molecule has 1 aliphatic carbocycles. The van der Waals surface area contributed by atoms with Crippen LogP contribution in [0.25, 0.3) is 0 Å². The van der Waals surface area contributed by atoms with Crippen molar-refractivity contribution in [2.45, 2.75) is 50.7 Å². The minimum absolute atomic E-state index is 0.109. The highest BCUT2D eigenvalue weighted by Gasteiger charge is 2.34. The Morgan fingerprint density at radius 2 is 1.79 bits per heavy atom. The quantitative estimate of drug-likeness (QED) is 0.808. The molecular formula is C15H20F3N5S. The van der Waals surface area contributed by atoms with E-state index in [1.807, 2.05) is 4.90 Å². The maximum atomic E-state index is 13.1. The van der Waals surface area contributed by atoms with Crippen molar-refractivity contribution in [2.75, 3.05) is 23.3 Å². The highest BCUT2D eigenvalue weighted by atomic mass is 32.1. The van der Waals surface area contributed by atoms with Crippen LogP contribution in [0.1, 0.15) is 44.2 Å². The number of anilines is 2. The van der Waals surface area contributed by atoms with Gasteiger partial charge in [-0.25, -0.2) is 4.98 Å². The van der Waals surface area contributed by atoms with Crippen LogP contribution in [0.15, 0.2) is 6.07 Å². The summed E-state index contributed by atoms with van der Waals surface area (Å²) in [6, 6.07) is 1.28. The fraction of sp³-hybridized carbons (Fsp3) is 0.667. The summed E-state index contributed by atoms with van der Waals surface area (Å²) in [4.78, 5) is 9.65. The molecule has 0 unspecified atom stereocenters. The minimum Gasteiger partial charge on any atom is -0.360 e. The first-order valence-corrected chi connectivity index (χ1v) is 8.61.